The largest absolute Gasteiger partial charge is 0.508 e. The third kappa shape index (κ3) is 4.84. The number of aromatic hydroxyl groups is 1. The van der Waals surface area contributed by atoms with Gasteiger partial charge in [-0.2, -0.15) is 0 Å². The number of rotatable bonds is 7. The Hall–Kier alpha value is -3.98. The van der Waals surface area contributed by atoms with Gasteiger partial charge in [0.25, 0.3) is 5.91 Å². The Morgan fingerprint density at radius 1 is 1.24 bits per heavy atom. The molecule has 3 atom stereocenters. The summed E-state index contributed by atoms with van der Waals surface area (Å²) in [5, 5.41) is 15.3. The van der Waals surface area contributed by atoms with E-state index in [1.54, 1.807) is 56.4 Å². The van der Waals surface area contributed by atoms with Gasteiger partial charge in [0.1, 0.15) is 23.9 Å². The molecule has 3 unspecified atom stereocenters. The highest BCUT2D eigenvalue weighted by Crippen LogP contribution is 2.23. The number of carbonyl (C=O) groups is 3. The highest BCUT2D eigenvalue weighted by atomic mass is 16.5. The lowest BCUT2D eigenvalue weighted by molar-refractivity contribution is -0.130. The van der Waals surface area contributed by atoms with Gasteiger partial charge in [0, 0.05) is 17.5 Å². The molecular formula is C25H25N3O6. The number of ketones is 1. The van der Waals surface area contributed by atoms with E-state index in [-0.39, 0.29) is 24.6 Å². The molecule has 34 heavy (non-hydrogen) atoms. The van der Waals surface area contributed by atoms with Crippen LogP contribution in [0.3, 0.4) is 0 Å². The van der Waals surface area contributed by atoms with Crippen LogP contribution in [0.1, 0.15) is 29.8 Å². The number of Topliss-reactive ketones (excluding diaryl/α,β-unsaturated/α-hetero) is 1. The third-order valence-corrected chi connectivity index (χ3v) is 6.08. The van der Waals surface area contributed by atoms with Crippen molar-refractivity contribution >= 4 is 17.6 Å². The van der Waals surface area contributed by atoms with Crippen molar-refractivity contribution in [1.82, 2.24) is 15.6 Å². The van der Waals surface area contributed by atoms with Crippen LogP contribution in [0, 0.1) is 0 Å². The summed E-state index contributed by atoms with van der Waals surface area (Å²) < 4.78 is 10.7. The van der Waals surface area contributed by atoms with Crippen LogP contribution < -0.4 is 10.6 Å². The molecule has 2 heterocycles. The molecule has 1 fully saturated rings. The Balaban J connectivity index is 1.54. The maximum absolute atomic E-state index is 13.2. The first-order valence-electron chi connectivity index (χ1n) is 10.8. The van der Waals surface area contributed by atoms with Crippen molar-refractivity contribution in [2.24, 2.45) is 0 Å². The van der Waals surface area contributed by atoms with Gasteiger partial charge in [-0.1, -0.05) is 24.3 Å². The highest BCUT2D eigenvalue weighted by molar-refractivity contribution is 6.00. The molecular weight excluding hydrogens is 438 g/mol. The summed E-state index contributed by atoms with van der Waals surface area (Å²) in [4.78, 5) is 42.5. The molecule has 1 aliphatic heterocycles. The molecule has 1 aromatic heterocycles. The zero-order valence-corrected chi connectivity index (χ0v) is 18.8. The molecule has 0 radical (unpaired) electrons. The summed E-state index contributed by atoms with van der Waals surface area (Å²) in [6.07, 6.45) is 2.49. The number of phenolic OH excluding ortho intramolecular Hbond substituents is 1. The second-order valence-electron chi connectivity index (χ2n) is 8.41. The molecule has 1 saturated heterocycles. The lowest BCUT2D eigenvalue weighted by atomic mass is 9.92. The number of nitrogens with one attached hydrogen (secondary N) is 2. The second kappa shape index (κ2) is 9.48. The summed E-state index contributed by atoms with van der Waals surface area (Å²) in [7, 11) is 0. The van der Waals surface area contributed by atoms with Gasteiger partial charge < -0.3 is 24.9 Å². The van der Waals surface area contributed by atoms with Crippen molar-refractivity contribution in [2.45, 2.75) is 38.0 Å². The van der Waals surface area contributed by atoms with Crippen molar-refractivity contribution in [2.75, 3.05) is 6.61 Å². The SMILES string of the molecule is CC1OCC(=O)C1(C)NC(=O)C(Cc1cccc(O)c1)NC(=O)c1ccc(-c2cnco2)cc1. The van der Waals surface area contributed by atoms with Gasteiger partial charge in [-0.05, 0) is 43.7 Å². The molecule has 3 N–H and O–H groups in total. The number of benzene rings is 2. The summed E-state index contributed by atoms with van der Waals surface area (Å²) in [6.45, 7) is 3.24. The lowest BCUT2D eigenvalue weighted by Crippen LogP contribution is -2.60. The first kappa shape index (κ1) is 23.2. The van der Waals surface area contributed by atoms with Crippen LogP contribution in [0.2, 0.25) is 0 Å². The average Bonchev–Trinajstić information content (AvgIpc) is 3.44. The van der Waals surface area contributed by atoms with Gasteiger partial charge in [0.2, 0.25) is 5.91 Å². The summed E-state index contributed by atoms with van der Waals surface area (Å²) in [5.41, 5.74) is 0.548. The number of ether oxygens (including phenoxy) is 1. The second-order valence-corrected chi connectivity index (χ2v) is 8.41. The van der Waals surface area contributed by atoms with E-state index in [4.69, 9.17) is 9.15 Å². The lowest BCUT2D eigenvalue weighted by Gasteiger charge is -2.30. The summed E-state index contributed by atoms with van der Waals surface area (Å²) in [6, 6.07) is 12.1. The van der Waals surface area contributed by atoms with Crippen molar-refractivity contribution in [3.63, 3.8) is 0 Å². The quantitative estimate of drug-likeness (QED) is 0.490. The van der Waals surface area contributed by atoms with E-state index in [0.29, 0.717) is 16.9 Å². The van der Waals surface area contributed by atoms with E-state index >= 15 is 0 Å². The molecule has 0 bridgehead atoms. The highest BCUT2D eigenvalue weighted by Gasteiger charge is 2.47. The van der Waals surface area contributed by atoms with Crippen LogP contribution in [-0.2, 0) is 20.7 Å². The van der Waals surface area contributed by atoms with Crippen LogP contribution in [-0.4, -0.2) is 52.0 Å². The minimum Gasteiger partial charge on any atom is -0.508 e. The van der Waals surface area contributed by atoms with Crippen LogP contribution in [0.4, 0.5) is 0 Å². The normalized spacial score (nSPS) is 20.6. The molecule has 2 aromatic carbocycles. The molecule has 176 valence electrons. The van der Waals surface area contributed by atoms with E-state index in [2.05, 4.69) is 15.6 Å². The first-order valence-corrected chi connectivity index (χ1v) is 10.8. The molecule has 0 spiro atoms. The maximum atomic E-state index is 13.2. The molecule has 3 aromatic rings. The minimum absolute atomic E-state index is 0.0472. The van der Waals surface area contributed by atoms with Crippen LogP contribution in [0.15, 0.2) is 65.5 Å². The predicted molar refractivity (Wildman–Crippen MR) is 122 cm³/mol. The molecule has 4 rings (SSSR count). The average molecular weight is 463 g/mol. The number of aromatic nitrogens is 1. The Kier molecular flexibility index (Phi) is 6.47. The van der Waals surface area contributed by atoms with Gasteiger partial charge in [-0.15, -0.1) is 0 Å². The molecule has 0 saturated carbocycles. The molecule has 2 amide bonds. The number of phenols is 1. The smallest absolute Gasteiger partial charge is 0.251 e. The van der Waals surface area contributed by atoms with E-state index < -0.39 is 29.5 Å². The topological polar surface area (TPSA) is 131 Å². The number of nitrogens with zero attached hydrogens (tertiary/aromatic N) is 1. The Labute approximate surface area is 196 Å². The van der Waals surface area contributed by atoms with Crippen LogP contribution in [0.5, 0.6) is 5.75 Å². The minimum atomic E-state index is -1.20. The molecule has 9 nitrogen and oxygen atoms in total. The fourth-order valence-corrected chi connectivity index (χ4v) is 3.77. The standard InChI is InChI=1S/C25H25N3O6/c1-15-25(2,22(30)13-33-15)28-24(32)20(11-16-4-3-5-19(29)10-16)27-23(31)18-8-6-17(7-9-18)21-12-26-14-34-21/h3-10,12,14-15,20,29H,11,13H2,1-2H3,(H,27,31)(H,28,32). The zero-order chi connectivity index (χ0) is 24.3. The van der Waals surface area contributed by atoms with Gasteiger partial charge in [0.05, 0.1) is 12.3 Å². The Bertz CT molecular complexity index is 1190. The van der Waals surface area contributed by atoms with Crippen molar-refractivity contribution in [3.05, 3.63) is 72.2 Å². The fourth-order valence-electron chi connectivity index (χ4n) is 3.77. The molecule has 1 aliphatic rings. The number of oxazole rings is 1. The Morgan fingerprint density at radius 3 is 2.62 bits per heavy atom. The van der Waals surface area contributed by atoms with E-state index in [0.717, 1.165) is 5.56 Å². The van der Waals surface area contributed by atoms with E-state index in [9.17, 15) is 19.5 Å². The fraction of sp³-hybridized carbons (Fsp3) is 0.280. The van der Waals surface area contributed by atoms with Gasteiger partial charge in [-0.25, -0.2) is 4.98 Å². The number of hydrogen-bond donors (Lipinski definition) is 3. The van der Waals surface area contributed by atoms with Crippen LogP contribution >= 0.6 is 0 Å². The van der Waals surface area contributed by atoms with Gasteiger partial charge >= 0.3 is 0 Å². The monoisotopic (exact) mass is 463 g/mol. The van der Waals surface area contributed by atoms with Crippen LogP contribution in [0.25, 0.3) is 11.3 Å². The third-order valence-electron chi connectivity index (χ3n) is 6.08. The first-order chi connectivity index (χ1) is 16.3. The predicted octanol–water partition coefficient (Wildman–Crippen LogP) is 2.25. The van der Waals surface area contributed by atoms with Gasteiger partial charge in [0.15, 0.2) is 17.9 Å². The number of carbonyl (C=O) groups excluding carboxylic acids is 3. The van der Waals surface area contributed by atoms with Crippen molar-refractivity contribution in [1.29, 1.82) is 0 Å². The summed E-state index contributed by atoms with van der Waals surface area (Å²) >= 11 is 0. The number of hydrogen-bond acceptors (Lipinski definition) is 7. The van der Waals surface area contributed by atoms with Crippen molar-refractivity contribution in [3.8, 4) is 17.1 Å². The van der Waals surface area contributed by atoms with Gasteiger partial charge in [-0.3, -0.25) is 14.4 Å². The summed E-state index contributed by atoms with van der Waals surface area (Å²) in [5.74, 6) is -0.608. The van der Waals surface area contributed by atoms with Crippen molar-refractivity contribution < 1.29 is 28.6 Å². The molecule has 0 aliphatic carbocycles. The molecule has 9 heteroatoms. The van der Waals surface area contributed by atoms with E-state index in [1.807, 2.05) is 0 Å². The van der Waals surface area contributed by atoms with E-state index in [1.165, 1.54) is 18.5 Å². The Morgan fingerprint density at radius 2 is 2.00 bits per heavy atom. The number of amides is 2. The zero-order valence-electron chi connectivity index (χ0n) is 18.8. The maximum Gasteiger partial charge on any atom is 0.251 e.